The standard InChI is InChI=1S/C36H54N4O5/c1-4-6-7-8-9-10-11-12-13-17-28-37-33(41)21-18-29-45-32-25-23-31(24-26-32)38-35(36(43)40(5-2)44-3)39-34(42)27-22-30-19-15-14-16-20-30/h14-16,19-20,22-27,35,38H,4-13,17-18,21,28-29H2,1-3H3,(H,37,41)(H,39,42). The van der Waals surface area contributed by atoms with Crippen LogP contribution < -0.4 is 20.7 Å². The Morgan fingerprint density at radius 2 is 1.47 bits per heavy atom. The van der Waals surface area contributed by atoms with Crippen molar-refractivity contribution in [1.82, 2.24) is 15.7 Å². The van der Waals surface area contributed by atoms with Crippen molar-refractivity contribution >= 4 is 29.5 Å². The Kier molecular flexibility index (Phi) is 19.5. The number of hydroxylamine groups is 2. The fourth-order valence-electron chi connectivity index (χ4n) is 4.77. The number of likely N-dealkylation sites (N-methyl/N-ethyl adjacent to an activating group) is 1. The Labute approximate surface area is 270 Å². The van der Waals surface area contributed by atoms with Gasteiger partial charge in [0.25, 0.3) is 5.91 Å². The van der Waals surface area contributed by atoms with E-state index in [1.54, 1.807) is 37.3 Å². The fourth-order valence-corrected chi connectivity index (χ4v) is 4.77. The second-order valence-corrected chi connectivity index (χ2v) is 11.1. The second kappa shape index (κ2) is 23.5. The van der Waals surface area contributed by atoms with Crippen LogP contribution in [0.3, 0.4) is 0 Å². The van der Waals surface area contributed by atoms with Gasteiger partial charge >= 0.3 is 0 Å². The van der Waals surface area contributed by atoms with Gasteiger partial charge in [0.15, 0.2) is 6.17 Å². The highest BCUT2D eigenvalue weighted by Crippen LogP contribution is 2.17. The maximum Gasteiger partial charge on any atom is 0.289 e. The van der Waals surface area contributed by atoms with Crippen LogP contribution in [-0.4, -0.2) is 55.8 Å². The zero-order chi connectivity index (χ0) is 32.5. The summed E-state index contributed by atoms with van der Waals surface area (Å²) in [7, 11) is 1.41. The largest absolute Gasteiger partial charge is 0.494 e. The van der Waals surface area contributed by atoms with Crippen molar-refractivity contribution in [3.8, 4) is 5.75 Å². The van der Waals surface area contributed by atoms with Crippen LogP contribution in [0.1, 0.15) is 96.5 Å². The van der Waals surface area contributed by atoms with E-state index in [2.05, 4.69) is 22.9 Å². The van der Waals surface area contributed by atoms with Crippen LogP contribution in [0.5, 0.6) is 5.75 Å². The number of amides is 3. The van der Waals surface area contributed by atoms with E-state index in [-0.39, 0.29) is 5.91 Å². The van der Waals surface area contributed by atoms with E-state index in [1.807, 2.05) is 30.3 Å². The lowest BCUT2D eigenvalue weighted by Gasteiger charge is -2.25. The first-order valence-electron chi connectivity index (χ1n) is 16.6. The molecule has 0 radical (unpaired) electrons. The van der Waals surface area contributed by atoms with Crippen LogP contribution in [0.4, 0.5) is 5.69 Å². The third-order valence-electron chi connectivity index (χ3n) is 7.35. The Morgan fingerprint density at radius 3 is 2.09 bits per heavy atom. The first-order valence-corrected chi connectivity index (χ1v) is 16.6. The normalized spacial score (nSPS) is 11.6. The number of nitrogens with one attached hydrogen (secondary N) is 3. The molecule has 1 unspecified atom stereocenters. The molecule has 0 saturated carbocycles. The summed E-state index contributed by atoms with van der Waals surface area (Å²) < 4.78 is 5.80. The highest BCUT2D eigenvalue weighted by atomic mass is 16.7. The van der Waals surface area contributed by atoms with Crippen molar-refractivity contribution in [2.45, 2.75) is 97.1 Å². The van der Waals surface area contributed by atoms with Crippen molar-refractivity contribution in [2.75, 3.05) is 32.1 Å². The lowest BCUT2D eigenvalue weighted by molar-refractivity contribution is -0.176. The van der Waals surface area contributed by atoms with E-state index >= 15 is 0 Å². The van der Waals surface area contributed by atoms with Gasteiger partial charge in [-0.15, -0.1) is 0 Å². The van der Waals surface area contributed by atoms with Crippen molar-refractivity contribution in [2.24, 2.45) is 0 Å². The van der Waals surface area contributed by atoms with E-state index < -0.39 is 18.0 Å². The molecule has 9 heteroatoms. The summed E-state index contributed by atoms with van der Waals surface area (Å²) in [5, 5.41) is 9.96. The van der Waals surface area contributed by atoms with Gasteiger partial charge in [0, 0.05) is 31.3 Å². The molecule has 0 aliphatic rings. The summed E-state index contributed by atoms with van der Waals surface area (Å²) in [5.74, 6) is -0.156. The molecule has 248 valence electrons. The molecular formula is C36H54N4O5. The van der Waals surface area contributed by atoms with Crippen LogP contribution in [0.25, 0.3) is 6.08 Å². The highest BCUT2D eigenvalue weighted by Gasteiger charge is 2.25. The Bertz CT molecular complexity index is 1120. The van der Waals surface area contributed by atoms with Gasteiger partial charge in [0.05, 0.1) is 13.7 Å². The smallest absolute Gasteiger partial charge is 0.289 e. The van der Waals surface area contributed by atoms with Gasteiger partial charge in [-0.25, -0.2) is 5.06 Å². The predicted octanol–water partition coefficient (Wildman–Crippen LogP) is 6.86. The molecule has 0 heterocycles. The van der Waals surface area contributed by atoms with Crippen LogP contribution in [0.15, 0.2) is 60.7 Å². The Morgan fingerprint density at radius 1 is 0.822 bits per heavy atom. The van der Waals surface area contributed by atoms with E-state index in [0.717, 1.165) is 18.5 Å². The summed E-state index contributed by atoms with van der Waals surface area (Å²) in [4.78, 5) is 43.0. The molecule has 2 rings (SSSR count). The van der Waals surface area contributed by atoms with Gasteiger partial charge < -0.3 is 20.7 Å². The second-order valence-electron chi connectivity index (χ2n) is 11.1. The number of carbonyl (C=O) groups is 3. The minimum atomic E-state index is -1.05. The van der Waals surface area contributed by atoms with Crippen LogP contribution in [0.2, 0.25) is 0 Å². The minimum absolute atomic E-state index is 0.0580. The van der Waals surface area contributed by atoms with Crippen molar-refractivity contribution in [1.29, 1.82) is 0 Å². The number of hydrogen-bond donors (Lipinski definition) is 3. The SMILES string of the molecule is CCCCCCCCCCCCNC(=O)CCCOc1ccc(NC(NC(=O)C=Cc2ccccc2)C(=O)N(CC)OC)cc1. The Hall–Kier alpha value is -3.85. The van der Waals surface area contributed by atoms with E-state index in [4.69, 9.17) is 9.57 Å². The molecule has 9 nitrogen and oxygen atoms in total. The molecule has 1 atom stereocenters. The molecule has 3 amide bonds. The monoisotopic (exact) mass is 622 g/mol. The van der Waals surface area contributed by atoms with Gasteiger partial charge in [-0.1, -0.05) is 95.0 Å². The molecule has 3 N–H and O–H groups in total. The average Bonchev–Trinajstić information content (AvgIpc) is 3.06. The van der Waals surface area contributed by atoms with Crippen molar-refractivity contribution in [3.05, 3.63) is 66.2 Å². The molecule has 0 fully saturated rings. The number of anilines is 1. The minimum Gasteiger partial charge on any atom is -0.494 e. The van der Waals surface area contributed by atoms with Crippen molar-refractivity contribution in [3.63, 3.8) is 0 Å². The first-order chi connectivity index (χ1) is 22.0. The number of benzene rings is 2. The maximum atomic E-state index is 13.0. The van der Waals surface area contributed by atoms with E-state index in [1.165, 1.54) is 76.0 Å². The number of carbonyl (C=O) groups excluding carboxylic acids is 3. The summed E-state index contributed by atoms with van der Waals surface area (Å²) in [5.41, 5.74) is 1.49. The van der Waals surface area contributed by atoms with Crippen LogP contribution in [-0.2, 0) is 19.2 Å². The summed E-state index contributed by atoms with van der Waals surface area (Å²) >= 11 is 0. The molecule has 0 bridgehead atoms. The highest BCUT2D eigenvalue weighted by molar-refractivity contribution is 5.96. The number of ether oxygens (including phenoxy) is 1. The van der Waals surface area contributed by atoms with Gasteiger partial charge in [0.2, 0.25) is 11.8 Å². The molecule has 0 aromatic heterocycles. The zero-order valence-corrected chi connectivity index (χ0v) is 27.5. The average molecular weight is 623 g/mol. The molecule has 0 aliphatic carbocycles. The molecule has 2 aromatic carbocycles. The molecule has 0 aliphatic heterocycles. The van der Waals surface area contributed by atoms with E-state index in [0.29, 0.717) is 37.4 Å². The van der Waals surface area contributed by atoms with Gasteiger partial charge in [0.1, 0.15) is 5.75 Å². The quantitative estimate of drug-likeness (QED) is 0.0511. The fraction of sp³-hybridized carbons (Fsp3) is 0.528. The molecular weight excluding hydrogens is 568 g/mol. The third kappa shape index (κ3) is 16.7. The summed E-state index contributed by atoms with van der Waals surface area (Å²) in [6, 6.07) is 16.5. The first kappa shape index (κ1) is 37.3. The Balaban J connectivity index is 1.70. The number of unbranched alkanes of at least 4 members (excludes halogenated alkanes) is 9. The summed E-state index contributed by atoms with van der Waals surface area (Å²) in [6.45, 7) is 5.50. The lowest BCUT2D eigenvalue weighted by atomic mass is 10.1. The van der Waals surface area contributed by atoms with Crippen molar-refractivity contribution < 1.29 is 24.0 Å². The van der Waals surface area contributed by atoms with Gasteiger partial charge in [-0.3, -0.25) is 19.2 Å². The molecule has 0 saturated heterocycles. The number of hydrogen-bond acceptors (Lipinski definition) is 6. The third-order valence-corrected chi connectivity index (χ3v) is 7.35. The van der Waals surface area contributed by atoms with Crippen LogP contribution >= 0.6 is 0 Å². The van der Waals surface area contributed by atoms with Crippen LogP contribution in [0, 0.1) is 0 Å². The van der Waals surface area contributed by atoms with E-state index in [9.17, 15) is 14.4 Å². The predicted molar refractivity (Wildman–Crippen MR) is 181 cm³/mol. The zero-order valence-electron chi connectivity index (χ0n) is 27.5. The molecule has 45 heavy (non-hydrogen) atoms. The number of rotatable bonds is 24. The van der Waals surface area contributed by atoms with Gasteiger partial charge in [-0.05, 0) is 55.7 Å². The number of nitrogens with zero attached hydrogens (tertiary/aromatic N) is 1. The lowest BCUT2D eigenvalue weighted by Crippen LogP contribution is -2.52. The molecule has 2 aromatic rings. The summed E-state index contributed by atoms with van der Waals surface area (Å²) in [6.07, 6.45) is 15.8. The van der Waals surface area contributed by atoms with Gasteiger partial charge in [-0.2, -0.15) is 0 Å². The molecule has 0 spiro atoms. The maximum absolute atomic E-state index is 13.0. The topological polar surface area (TPSA) is 109 Å².